The van der Waals surface area contributed by atoms with Crippen molar-refractivity contribution in [1.29, 1.82) is 0 Å². The van der Waals surface area contributed by atoms with Gasteiger partial charge in [-0.1, -0.05) is 0 Å². The van der Waals surface area contributed by atoms with Gasteiger partial charge in [-0.3, -0.25) is 9.59 Å². The fraction of sp³-hybridized carbons (Fsp3) is 0.588. The molecular formula is C34H52BBrN8O8. The Kier molecular flexibility index (Phi) is 16.3. The molecule has 0 spiro atoms. The Labute approximate surface area is 313 Å². The minimum atomic E-state index is -0.491. The molecule has 0 radical (unpaired) electrons. The topological polar surface area (TPSA) is 176 Å². The molecule has 5 heterocycles. The number of hydrogen-bond donors (Lipinski definition) is 2. The van der Waals surface area contributed by atoms with Gasteiger partial charge in [-0.05, 0) is 83.6 Å². The van der Waals surface area contributed by atoms with Crippen molar-refractivity contribution in [2.45, 2.75) is 52.7 Å². The lowest BCUT2D eigenvalue weighted by Gasteiger charge is -2.32. The van der Waals surface area contributed by atoms with Gasteiger partial charge in [0.1, 0.15) is 4.60 Å². The second-order valence-electron chi connectivity index (χ2n) is 13.3. The van der Waals surface area contributed by atoms with E-state index in [9.17, 15) is 19.2 Å². The summed E-state index contributed by atoms with van der Waals surface area (Å²) in [5.41, 5.74) is -0.569. The average Bonchev–Trinajstić information content (AvgIpc) is 3.31. The lowest BCUT2D eigenvalue weighted by Crippen LogP contribution is -2.46. The van der Waals surface area contributed by atoms with Crippen molar-refractivity contribution in [3.8, 4) is 0 Å². The Balaban J connectivity index is 0.000000214. The molecule has 0 aliphatic carbocycles. The Morgan fingerprint density at radius 1 is 0.788 bits per heavy atom. The number of rotatable bonds is 8. The van der Waals surface area contributed by atoms with Gasteiger partial charge in [-0.2, -0.15) is 0 Å². The number of piperazine rings is 2. The van der Waals surface area contributed by atoms with Crippen LogP contribution >= 0.6 is 15.9 Å². The molecule has 0 amide bonds. The first-order chi connectivity index (χ1) is 24.5. The highest BCUT2D eigenvalue weighted by Crippen LogP contribution is 2.36. The third-order valence-corrected chi connectivity index (χ3v) is 9.16. The molecule has 5 rings (SSSR count). The standard InChI is InChI=1S/C14H20N4O3.C11H19BO4.C9H13BrN4O/c1-3-21-12(19)5-4-11-10-15-14(20)13(16-11)18-8-6-17(2)7-9-18;1-6-14-9(13)7-8-12-15-10(2,3)11(4,5)16-12;1-13-2-4-14(5-3-13)8-9(15)11-6-7(10)12-8/h4-5,10H,3,6-9H2,1-2H3,(H,15,20);7-8H,6H2,1-5H3;6H,2-5H2,1H3,(H,11,15)/b5-4+;8-7+;. The number of nitrogens with one attached hydrogen (secondary N) is 2. The van der Waals surface area contributed by atoms with Gasteiger partial charge >= 0.3 is 19.1 Å². The molecule has 3 saturated heterocycles. The molecule has 2 N–H and O–H groups in total. The summed E-state index contributed by atoms with van der Waals surface area (Å²) < 4.78 is 21.6. The monoisotopic (exact) mass is 790 g/mol. The fourth-order valence-corrected chi connectivity index (χ4v) is 5.27. The first-order valence-electron chi connectivity index (χ1n) is 17.3. The highest BCUT2D eigenvalue weighted by atomic mass is 79.9. The van der Waals surface area contributed by atoms with Crippen LogP contribution in [0.15, 0.2) is 44.7 Å². The fourth-order valence-electron chi connectivity index (χ4n) is 4.99. The number of anilines is 2. The number of likely N-dealkylation sites (N-methyl/N-ethyl adjacent to an activating group) is 2. The predicted molar refractivity (Wildman–Crippen MR) is 204 cm³/mol. The summed E-state index contributed by atoms with van der Waals surface area (Å²) in [5, 5.41) is 0. The maximum Gasteiger partial charge on any atom is 0.487 e. The van der Waals surface area contributed by atoms with Crippen LogP contribution in [0.3, 0.4) is 0 Å². The molecule has 16 nitrogen and oxygen atoms in total. The number of aromatic nitrogens is 4. The van der Waals surface area contributed by atoms with Crippen molar-refractivity contribution < 1.29 is 28.4 Å². The zero-order chi connectivity index (χ0) is 38.5. The number of ether oxygens (including phenoxy) is 2. The Bertz CT molecular complexity index is 1630. The van der Waals surface area contributed by atoms with Crippen LogP contribution in [0.1, 0.15) is 47.2 Å². The van der Waals surface area contributed by atoms with E-state index in [1.807, 2.05) is 44.5 Å². The normalized spacial score (nSPS) is 18.8. The van der Waals surface area contributed by atoms with Crippen molar-refractivity contribution in [2.75, 3.05) is 89.5 Å². The van der Waals surface area contributed by atoms with E-state index in [1.54, 1.807) is 26.0 Å². The summed E-state index contributed by atoms with van der Waals surface area (Å²) in [7, 11) is 3.64. The van der Waals surface area contributed by atoms with Gasteiger partial charge in [-0.15, -0.1) is 0 Å². The van der Waals surface area contributed by atoms with Gasteiger partial charge in [0, 0.05) is 76.9 Å². The zero-order valence-corrected chi connectivity index (χ0v) is 33.0. The lowest BCUT2D eigenvalue weighted by atomic mass is 9.90. The average molecular weight is 792 g/mol. The molecule has 52 heavy (non-hydrogen) atoms. The van der Waals surface area contributed by atoms with Crippen LogP contribution in [0, 0.1) is 0 Å². The third kappa shape index (κ3) is 13.0. The first kappa shape index (κ1) is 42.6. The number of hydrogen-bond acceptors (Lipinski definition) is 14. The number of carbonyl (C=O) groups is 2. The Morgan fingerprint density at radius 3 is 1.71 bits per heavy atom. The third-order valence-electron chi connectivity index (χ3n) is 8.76. The summed E-state index contributed by atoms with van der Waals surface area (Å²) in [6.07, 6.45) is 7.22. The van der Waals surface area contributed by atoms with E-state index in [4.69, 9.17) is 18.8 Å². The number of carbonyl (C=O) groups excluding carboxylic acids is 2. The second kappa shape index (κ2) is 19.8. The molecule has 3 fully saturated rings. The minimum absolute atomic E-state index is 0.122. The van der Waals surface area contributed by atoms with Gasteiger partial charge in [0.05, 0.1) is 30.1 Å². The first-order valence-corrected chi connectivity index (χ1v) is 18.1. The van der Waals surface area contributed by atoms with Crippen molar-refractivity contribution in [3.05, 3.63) is 61.5 Å². The van der Waals surface area contributed by atoms with Gasteiger partial charge in [-0.25, -0.2) is 19.6 Å². The molecule has 0 atom stereocenters. The van der Waals surface area contributed by atoms with Crippen LogP contribution in [0.2, 0.25) is 0 Å². The molecule has 3 aliphatic heterocycles. The smallest absolute Gasteiger partial charge is 0.463 e. The number of H-pyrrole nitrogens is 2. The quantitative estimate of drug-likeness (QED) is 0.226. The maximum absolute atomic E-state index is 11.9. The van der Waals surface area contributed by atoms with E-state index in [-0.39, 0.29) is 28.3 Å². The van der Waals surface area contributed by atoms with E-state index in [2.05, 4.69) is 52.7 Å². The van der Waals surface area contributed by atoms with Crippen molar-refractivity contribution >= 4 is 52.7 Å². The molecule has 2 aromatic rings. The number of esters is 2. The SMILES string of the molecule is CCOC(=O)/C=C/B1OC(C)(C)C(C)(C)O1.CCOC(=O)/C=C/c1c[nH]c(=O)c(N2CCN(C)CC2)n1.CN1CCN(c2nc(Br)c[nH]c2=O)CC1. The van der Waals surface area contributed by atoms with Gasteiger partial charge < -0.3 is 48.4 Å². The molecule has 0 unspecified atom stereocenters. The summed E-state index contributed by atoms with van der Waals surface area (Å²) in [5.74, 6) is 1.68. The van der Waals surface area contributed by atoms with Crippen LogP contribution in [-0.4, -0.2) is 140 Å². The summed E-state index contributed by atoms with van der Waals surface area (Å²) >= 11 is 3.26. The summed E-state index contributed by atoms with van der Waals surface area (Å²) in [4.78, 5) is 68.1. The molecule has 0 saturated carbocycles. The number of nitrogens with zero attached hydrogens (tertiary/aromatic N) is 6. The van der Waals surface area contributed by atoms with E-state index in [0.29, 0.717) is 35.1 Å². The van der Waals surface area contributed by atoms with Gasteiger partial charge in [0.2, 0.25) is 0 Å². The molecule has 18 heteroatoms. The van der Waals surface area contributed by atoms with Crippen LogP contribution in [0.5, 0.6) is 0 Å². The second-order valence-corrected chi connectivity index (χ2v) is 14.1. The molecule has 2 aromatic heterocycles. The highest BCUT2D eigenvalue weighted by molar-refractivity contribution is 9.10. The van der Waals surface area contributed by atoms with Gasteiger partial charge in [0.25, 0.3) is 11.1 Å². The lowest BCUT2D eigenvalue weighted by molar-refractivity contribution is -0.138. The number of aromatic amines is 2. The molecule has 0 aromatic carbocycles. The predicted octanol–water partition coefficient (Wildman–Crippen LogP) is 2.12. The van der Waals surface area contributed by atoms with E-state index < -0.39 is 13.1 Å². The highest BCUT2D eigenvalue weighted by Gasteiger charge is 2.50. The van der Waals surface area contributed by atoms with Crippen LogP contribution in [-0.2, 0) is 28.4 Å². The summed E-state index contributed by atoms with van der Waals surface area (Å²) in [6.45, 7) is 19.0. The Hall–Kier alpha value is -3.84. The Morgan fingerprint density at radius 2 is 1.23 bits per heavy atom. The molecular weight excluding hydrogens is 739 g/mol. The number of halogens is 1. The van der Waals surface area contributed by atoms with Gasteiger partial charge in [0.15, 0.2) is 11.6 Å². The zero-order valence-electron chi connectivity index (χ0n) is 31.4. The molecule has 3 aliphatic rings. The van der Waals surface area contributed by atoms with E-state index in [1.165, 1.54) is 24.4 Å². The van der Waals surface area contributed by atoms with Crippen LogP contribution in [0.25, 0.3) is 6.08 Å². The minimum Gasteiger partial charge on any atom is -0.463 e. The van der Waals surface area contributed by atoms with Crippen molar-refractivity contribution in [3.63, 3.8) is 0 Å². The van der Waals surface area contributed by atoms with E-state index >= 15 is 0 Å². The van der Waals surface area contributed by atoms with Crippen molar-refractivity contribution in [1.82, 2.24) is 29.7 Å². The van der Waals surface area contributed by atoms with Crippen molar-refractivity contribution in [2.24, 2.45) is 0 Å². The largest absolute Gasteiger partial charge is 0.487 e. The maximum atomic E-state index is 11.9. The van der Waals surface area contributed by atoms with Crippen LogP contribution < -0.4 is 20.9 Å². The molecule has 0 bridgehead atoms. The van der Waals surface area contributed by atoms with E-state index in [0.717, 1.165) is 52.4 Å². The van der Waals surface area contributed by atoms with Crippen LogP contribution in [0.4, 0.5) is 11.6 Å². The summed E-state index contributed by atoms with van der Waals surface area (Å²) in [6, 6.07) is 0. The molecule has 286 valence electrons.